The standard InChI is InChI=1S/C16H15BN2O2/c1-19(14-5-3-2-4-6-14)16-10-7-12-11-13(17(20)21)8-9-15(12)18-16/h2-11,20-21H,1H3. The number of pyridine rings is 1. The smallest absolute Gasteiger partial charge is 0.423 e. The van der Waals surface area contributed by atoms with Crippen molar-refractivity contribution in [2.75, 3.05) is 11.9 Å². The van der Waals surface area contributed by atoms with Crippen molar-refractivity contribution in [3.8, 4) is 0 Å². The van der Waals surface area contributed by atoms with Crippen LogP contribution in [0.2, 0.25) is 0 Å². The van der Waals surface area contributed by atoms with Gasteiger partial charge in [0.25, 0.3) is 0 Å². The van der Waals surface area contributed by atoms with Crippen LogP contribution in [0.3, 0.4) is 0 Å². The van der Waals surface area contributed by atoms with Crippen LogP contribution in [0.15, 0.2) is 60.7 Å². The summed E-state index contributed by atoms with van der Waals surface area (Å²) in [7, 11) is 0.510. The van der Waals surface area contributed by atoms with Crippen LogP contribution in [0.25, 0.3) is 10.9 Å². The lowest BCUT2D eigenvalue weighted by atomic mass is 9.80. The highest BCUT2D eigenvalue weighted by atomic mass is 16.4. The van der Waals surface area contributed by atoms with Crippen molar-refractivity contribution in [3.05, 3.63) is 60.7 Å². The fourth-order valence-electron chi connectivity index (χ4n) is 2.26. The van der Waals surface area contributed by atoms with Gasteiger partial charge in [-0.05, 0) is 41.2 Å². The molecule has 0 radical (unpaired) electrons. The first-order valence-electron chi connectivity index (χ1n) is 6.71. The first-order chi connectivity index (χ1) is 10.1. The first kappa shape index (κ1) is 13.6. The Kier molecular flexibility index (Phi) is 3.60. The third kappa shape index (κ3) is 2.74. The summed E-state index contributed by atoms with van der Waals surface area (Å²) in [6.45, 7) is 0. The molecular formula is C16H15BN2O2. The van der Waals surface area contributed by atoms with E-state index in [0.717, 1.165) is 22.4 Å². The monoisotopic (exact) mass is 278 g/mol. The largest absolute Gasteiger partial charge is 0.488 e. The number of para-hydroxylation sites is 1. The summed E-state index contributed by atoms with van der Waals surface area (Å²) in [5, 5.41) is 19.3. The third-order valence-electron chi connectivity index (χ3n) is 3.48. The van der Waals surface area contributed by atoms with Gasteiger partial charge in [0.1, 0.15) is 5.82 Å². The second-order valence-electron chi connectivity index (χ2n) is 4.89. The van der Waals surface area contributed by atoms with Gasteiger partial charge in [-0.2, -0.15) is 0 Å². The molecule has 4 nitrogen and oxygen atoms in total. The number of hydrogen-bond donors (Lipinski definition) is 2. The van der Waals surface area contributed by atoms with E-state index in [1.54, 1.807) is 18.2 Å². The molecule has 2 N–H and O–H groups in total. The highest BCUT2D eigenvalue weighted by Gasteiger charge is 2.12. The van der Waals surface area contributed by atoms with Gasteiger partial charge in [-0.25, -0.2) is 4.98 Å². The summed E-state index contributed by atoms with van der Waals surface area (Å²) in [6, 6.07) is 19.1. The molecule has 3 rings (SSSR count). The molecule has 104 valence electrons. The molecule has 1 aromatic heterocycles. The van der Waals surface area contributed by atoms with Crippen molar-refractivity contribution in [1.29, 1.82) is 0 Å². The SMILES string of the molecule is CN(c1ccccc1)c1ccc2cc(B(O)O)ccc2n1. The lowest BCUT2D eigenvalue weighted by Gasteiger charge is -2.18. The summed E-state index contributed by atoms with van der Waals surface area (Å²) >= 11 is 0. The number of anilines is 2. The maximum atomic E-state index is 9.20. The molecule has 0 unspecified atom stereocenters. The molecule has 21 heavy (non-hydrogen) atoms. The average Bonchev–Trinajstić information content (AvgIpc) is 2.54. The molecule has 0 bridgehead atoms. The first-order valence-corrected chi connectivity index (χ1v) is 6.71. The Labute approximate surface area is 123 Å². The number of nitrogens with zero attached hydrogens (tertiary/aromatic N) is 2. The van der Waals surface area contributed by atoms with Crippen LogP contribution in [0.4, 0.5) is 11.5 Å². The van der Waals surface area contributed by atoms with Crippen molar-refractivity contribution in [1.82, 2.24) is 4.98 Å². The van der Waals surface area contributed by atoms with Gasteiger partial charge >= 0.3 is 7.12 Å². The predicted octanol–water partition coefficient (Wildman–Crippen LogP) is 1.68. The molecule has 1 heterocycles. The van der Waals surface area contributed by atoms with Gasteiger partial charge in [0, 0.05) is 12.7 Å². The molecule has 2 aromatic carbocycles. The van der Waals surface area contributed by atoms with Gasteiger partial charge < -0.3 is 14.9 Å². The van der Waals surface area contributed by atoms with Crippen molar-refractivity contribution in [2.45, 2.75) is 0 Å². The van der Waals surface area contributed by atoms with Crippen LogP contribution >= 0.6 is 0 Å². The Morgan fingerprint density at radius 1 is 0.952 bits per heavy atom. The maximum Gasteiger partial charge on any atom is 0.488 e. The molecule has 3 aromatic rings. The van der Waals surface area contributed by atoms with E-state index in [-0.39, 0.29) is 0 Å². The summed E-state index contributed by atoms with van der Waals surface area (Å²) in [5.74, 6) is 0.839. The summed E-state index contributed by atoms with van der Waals surface area (Å²) in [5.41, 5.74) is 2.35. The average molecular weight is 278 g/mol. The van der Waals surface area contributed by atoms with Gasteiger partial charge in [-0.1, -0.05) is 30.3 Å². The predicted molar refractivity (Wildman–Crippen MR) is 86.1 cm³/mol. The summed E-state index contributed by atoms with van der Waals surface area (Å²) < 4.78 is 0. The highest BCUT2D eigenvalue weighted by molar-refractivity contribution is 6.58. The van der Waals surface area contributed by atoms with Crippen LogP contribution in [0.5, 0.6) is 0 Å². The minimum atomic E-state index is -1.46. The van der Waals surface area contributed by atoms with Gasteiger partial charge in [0.05, 0.1) is 5.52 Å². The summed E-state index contributed by atoms with van der Waals surface area (Å²) in [6.07, 6.45) is 0. The van der Waals surface area contributed by atoms with Crippen molar-refractivity contribution in [3.63, 3.8) is 0 Å². The Bertz CT molecular complexity index is 763. The van der Waals surface area contributed by atoms with Crippen LogP contribution < -0.4 is 10.4 Å². The quantitative estimate of drug-likeness (QED) is 0.716. The molecular weight excluding hydrogens is 263 g/mol. The van der Waals surface area contributed by atoms with Gasteiger partial charge in [-0.15, -0.1) is 0 Å². The molecule has 0 amide bonds. The lowest BCUT2D eigenvalue weighted by molar-refractivity contribution is 0.426. The lowest BCUT2D eigenvalue weighted by Crippen LogP contribution is -2.29. The fraction of sp³-hybridized carbons (Fsp3) is 0.0625. The van der Waals surface area contributed by atoms with Crippen LogP contribution in [-0.4, -0.2) is 29.2 Å². The van der Waals surface area contributed by atoms with E-state index in [1.807, 2.05) is 54.4 Å². The van der Waals surface area contributed by atoms with Crippen molar-refractivity contribution in [2.24, 2.45) is 0 Å². The molecule has 0 atom stereocenters. The third-order valence-corrected chi connectivity index (χ3v) is 3.48. The van der Waals surface area contributed by atoms with Gasteiger partial charge in [0.2, 0.25) is 0 Å². The Balaban J connectivity index is 2.00. The zero-order valence-electron chi connectivity index (χ0n) is 11.6. The van der Waals surface area contributed by atoms with E-state index in [0.29, 0.717) is 5.46 Å². The molecule has 0 aliphatic heterocycles. The molecule has 0 spiro atoms. The molecule has 0 saturated carbocycles. The number of benzene rings is 2. The minimum Gasteiger partial charge on any atom is -0.423 e. The zero-order valence-corrected chi connectivity index (χ0v) is 11.6. The highest BCUT2D eigenvalue weighted by Crippen LogP contribution is 2.23. The van der Waals surface area contributed by atoms with E-state index in [2.05, 4.69) is 4.98 Å². The van der Waals surface area contributed by atoms with E-state index < -0.39 is 7.12 Å². The van der Waals surface area contributed by atoms with Crippen LogP contribution in [0.1, 0.15) is 0 Å². The second-order valence-corrected chi connectivity index (χ2v) is 4.89. The number of rotatable bonds is 3. The maximum absolute atomic E-state index is 9.20. The number of fused-ring (bicyclic) bond motifs is 1. The van der Waals surface area contributed by atoms with Crippen molar-refractivity contribution >= 4 is 35.0 Å². The van der Waals surface area contributed by atoms with Gasteiger partial charge in [0.15, 0.2) is 0 Å². The molecule has 0 saturated heterocycles. The minimum absolute atomic E-state index is 0.466. The molecule has 0 aliphatic rings. The summed E-state index contributed by atoms with van der Waals surface area (Å²) in [4.78, 5) is 6.62. The zero-order chi connectivity index (χ0) is 14.8. The Hall–Kier alpha value is -2.37. The van der Waals surface area contributed by atoms with E-state index in [4.69, 9.17) is 0 Å². The van der Waals surface area contributed by atoms with Gasteiger partial charge in [-0.3, -0.25) is 0 Å². The normalized spacial score (nSPS) is 10.6. The van der Waals surface area contributed by atoms with E-state index in [9.17, 15) is 10.0 Å². The molecule has 0 fully saturated rings. The van der Waals surface area contributed by atoms with E-state index >= 15 is 0 Å². The second kappa shape index (κ2) is 5.56. The van der Waals surface area contributed by atoms with E-state index in [1.165, 1.54) is 0 Å². The number of hydrogen-bond acceptors (Lipinski definition) is 4. The van der Waals surface area contributed by atoms with Crippen LogP contribution in [0, 0.1) is 0 Å². The van der Waals surface area contributed by atoms with Crippen LogP contribution in [-0.2, 0) is 0 Å². The number of aromatic nitrogens is 1. The molecule has 0 aliphatic carbocycles. The van der Waals surface area contributed by atoms with Crippen molar-refractivity contribution < 1.29 is 10.0 Å². The topological polar surface area (TPSA) is 56.6 Å². The molecule has 5 heteroatoms. The Morgan fingerprint density at radius 3 is 2.43 bits per heavy atom. The Morgan fingerprint density at radius 2 is 1.71 bits per heavy atom. The fourth-order valence-corrected chi connectivity index (χ4v) is 2.26.